The van der Waals surface area contributed by atoms with E-state index in [1.807, 2.05) is 48.5 Å². The summed E-state index contributed by atoms with van der Waals surface area (Å²) in [5.41, 5.74) is 4.44. The molecule has 9 heteroatoms. The zero-order chi connectivity index (χ0) is 42.3. The van der Waals surface area contributed by atoms with E-state index in [-0.39, 0.29) is 16.5 Å². The summed E-state index contributed by atoms with van der Waals surface area (Å²) < 4.78 is 0. The van der Waals surface area contributed by atoms with Crippen molar-refractivity contribution in [2.75, 3.05) is 0 Å². The molecule has 8 aromatic rings. The van der Waals surface area contributed by atoms with Crippen molar-refractivity contribution in [3.05, 3.63) is 255 Å². The summed E-state index contributed by atoms with van der Waals surface area (Å²) in [5.74, 6) is 0. The molecule has 0 radical (unpaired) electrons. The number of nitrogens with zero attached hydrogens (tertiary/aromatic N) is 6. The Bertz CT molecular complexity index is 1980. The Balaban J connectivity index is 0.000000666. The molecule has 0 unspecified atom stereocenters. The molecule has 0 aliphatic heterocycles. The molecule has 0 aliphatic rings. The topological polar surface area (TPSA) is 96.2 Å². The van der Waals surface area contributed by atoms with Gasteiger partial charge in [0.2, 0.25) is 0 Å². The third-order valence-corrected chi connectivity index (χ3v) is 7.08. The van der Waals surface area contributed by atoms with E-state index < -0.39 is 0 Å². The quantitative estimate of drug-likeness (QED) is 0.0994. The number of hydrogen-bond donors (Lipinski definition) is 0. The van der Waals surface area contributed by atoms with Crippen molar-refractivity contribution in [2.24, 2.45) is 0 Å². The van der Waals surface area contributed by atoms with Crippen LogP contribution < -0.4 is 0 Å². The number of rotatable bonds is 4. The zero-order valence-corrected chi connectivity index (χ0v) is 35.0. The largest absolute Gasteiger partial charge is 2.00 e. The Morgan fingerprint density at radius 2 is 0.475 bits per heavy atom. The van der Waals surface area contributed by atoms with Crippen LogP contribution in [0.4, 0.5) is 0 Å². The molecular weight excluding hydrogens is 807 g/mol. The van der Waals surface area contributed by atoms with Crippen molar-refractivity contribution >= 4 is 80.6 Å². The first-order chi connectivity index (χ1) is 28.5. The summed E-state index contributed by atoms with van der Waals surface area (Å²) in [6.45, 7) is 14.4. The third-order valence-electron chi connectivity index (χ3n) is 7.08. The Hall–Kier alpha value is -6.95. The molecule has 0 N–H and O–H groups in total. The molecule has 0 bridgehead atoms. The van der Waals surface area contributed by atoms with Crippen molar-refractivity contribution in [1.29, 1.82) is 0 Å². The number of pyridine rings is 4. The zero-order valence-electron chi connectivity index (χ0n) is 32.4. The number of thiocarbonyl (C=S) groups is 2. The predicted molar refractivity (Wildman–Crippen MR) is 257 cm³/mol. The predicted octanol–water partition coefficient (Wildman–Crippen LogP) is 13.9. The molecule has 59 heavy (non-hydrogen) atoms. The van der Waals surface area contributed by atoms with Crippen LogP contribution in [0, 0.1) is 0 Å². The Labute approximate surface area is 369 Å². The van der Waals surface area contributed by atoms with Crippen LogP contribution in [0.5, 0.6) is 0 Å². The molecule has 4 heterocycles. The fourth-order valence-electron chi connectivity index (χ4n) is 4.26. The van der Waals surface area contributed by atoms with Gasteiger partial charge >= 0.3 is 16.5 Å². The van der Waals surface area contributed by atoms with E-state index >= 15 is 0 Å². The molecule has 8 rings (SSSR count). The van der Waals surface area contributed by atoms with Gasteiger partial charge in [-0.1, -0.05) is 172 Å². The van der Waals surface area contributed by atoms with Gasteiger partial charge in [0, 0.05) is 49.6 Å². The second-order valence-electron chi connectivity index (χ2n) is 10.8. The summed E-state index contributed by atoms with van der Waals surface area (Å²) in [4.78, 5) is 15.4. The smallest absolute Gasteiger partial charge is 0.753 e. The van der Waals surface area contributed by atoms with E-state index in [0.717, 1.165) is 22.3 Å². The fraction of sp³-hybridized carbons (Fsp3) is 0. The summed E-state index contributed by atoms with van der Waals surface area (Å²) in [7, 11) is 0. The average Bonchev–Trinajstić information content (AvgIpc) is 3.32. The van der Waals surface area contributed by atoms with Crippen LogP contribution >= 0.6 is 24.4 Å². The van der Waals surface area contributed by atoms with Crippen molar-refractivity contribution < 1.29 is 16.5 Å². The van der Waals surface area contributed by atoms with Gasteiger partial charge in [-0.25, -0.2) is 0 Å². The Kier molecular flexibility index (Phi) is 32.4. The fourth-order valence-corrected chi connectivity index (χ4v) is 4.26. The number of hydrogen-bond acceptors (Lipinski definition) is 6. The van der Waals surface area contributed by atoms with Crippen molar-refractivity contribution in [3.8, 4) is 0 Å². The van der Waals surface area contributed by atoms with E-state index in [1.54, 1.807) is 73.9 Å². The van der Waals surface area contributed by atoms with Crippen LogP contribution in [0.25, 0.3) is 56.7 Å². The van der Waals surface area contributed by atoms with Gasteiger partial charge in [-0.15, -0.1) is 0 Å². The summed E-state index contributed by atoms with van der Waals surface area (Å²) >= 11 is 7.40. The van der Waals surface area contributed by atoms with Crippen LogP contribution in [0.1, 0.15) is 22.3 Å². The van der Waals surface area contributed by atoms with Crippen molar-refractivity contribution in [1.82, 2.24) is 19.9 Å². The van der Waals surface area contributed by atoms with Crippen LogP contribution in [-0.2, 0) is 16.5 Å². The average molecular weight is 852 g/mol. The van der Waals surface area contributed by atoms with Gasteiger partial charge in [0.25, 0.3) is 0 Å². The summed E-state index contributed by atoms with van der Waals surface area (Å²) in [6, 6.07) is 48.7. The molecule has 0 fully saturated rings. The van der Waals surface area contributed by atoms with Crippen LogP contribution in [0.2, 0.25) is 0 Å². The first kappa shape index (κ1) is 52.1. The molecule has 4 aromatic carbocycles. The molecule has 6 nitrogen and oxygen atoms in total. The maximum absolute atomic E-state index is 7.13. The second-order valence-corrected chi connectivity index (χ2v) is 11.2. The minimum Gasteiger partial charge on any atom is -0.753 e. The molecule has 296 valence electrons. The van der Waals surface area contributed by atoms with Gasteiger partial charge in [-0.05, 0) is 92.3 Å². The standard InChI is InChI=1S/2C10H8.4C7H7N.2CNS.Ni/c2*1-2-6-10-8-4-3-7-9(10)5-1;4*1-2-7-3-5-8-6-4-7;2*2-1-3;/h2*1-8H;4*2-6H,1H2;;;/q;;;;;;2*-1;+2. The SMILES string of the molecule is C=Cc1ccncc1.C=Cc1ccncc1.C=Cc1ccncc1.C=Cc1ccncc1.[N-]=C=S.[N-]=C=S.[Ni+2].c1ccc2ccccc2c1.c1ccc2ccccc2c1. The van der Waals surface area contributed by atoms with E-state index in [2.05, 4.69) is 168 Å². The van der Waals surface area contributed by atoms with Crippen LogP contribution in [0.15, 0.2) is 221 Å². The normalized spacial score (nSPS) is 8.27. The maximum Gasteiger partial charge on any atom is 2.00 e. The maximum atomic E-state index is 7.13. The van der Waals surface area contributed by atoms with Gasteiger partial charge in [0.05, 0.1) is 0 Å². The molecule has 0 amide bonds. The number of fused-ring (bicyclic) bond motifs is 2. The van der Waals surface area contributed by atoms with Crippen molar-refractivity contribution in [2.45, 2.75) is 0 Å². The number of benzene rings is 4. The minimum atomic E-state index is 0. The Morgan fingerprint density at radius 3 is 0.576 bits per heavy atom. The summed E-state index contributed by atoms with van der Waals surface area (Å²) in [6.07, 6.45) is 21.1. The summed E-state index contributed by atoms with van der Waals surface area (Å²) in [5, 5.41) is 22.2. The van der Waals surface area contributed by atoms with Gasteiger partial charge in [-0.2, -0.15) is 10.3 Å². The molecule has 0 saturated carbocycles. The molecule has 0 atom stereocenters. The molecule has 0 saturated heterocycles. The van der Waals surface area contributed by atoms with E-state index in [4.69, 9.17) is 10.8 Å². The molecule has 4 aromatic heterocycles. The first-order valence-electron chi connectivity index (χ1n) is 17.5. The van der Waals surface area contributed by atoms with E-state index in [1.165, 1.54) is 31.9 Å². The second kappa shape index (κ2) is 36.7. The van der Waals surface area contributed by atoms with Crippen molar-refractivity contribution in [3.63, 3.8) is 0 Å². The van der Waals surface area contributed by atoms with Gasteiger partial charge in [0.1, 0.15) is 0 Å². The molecule has 0 aliphatic carbocycles. The molecular formula is C50H44N6NiS2. The monoisotopic (exact) mass is 850 g/mol. The van der Waals surface area contributed by atoms with E-state index in [9.17, 15) is 0 Å². The number of aromatic nitrogens is 4. The molecule has 0 spiro atoms. The minimum absolute atomic E-state index is 0. The van der Waals surface area contributed by atoms with Gasteiger partial charge < -0.3 is 10.8 Å². The van der Waals surface area contributed by atoms with Gasteiger partial charge in [0.15, 0.2) is 0 Å². The first-order valence-corrected chi connectivity index (χ1v) is 18.3. The van der Waals surface area contributed by atoms with Gasteiger partial charge in [-0.3, -0.25) is 19.9 Å². The Morgan fingerprint density at radius 1 is 0.339 bits per heavy atom. The van der Waals surface area contributed by atoms with E-state index in [0.29, 0.717) is 0 Å². The van der Waals surface area contributed by atoms with Crippen LogP contribution in [0.3, 0.4) is 0 Å². The van der Waals surface area contributed by atoms with Crippen LogP contribution in [-0.4, -0.2) is 30.3 Å². The third kappa shape index (κ3) is 25.8. The number of isothiocyanates is 2.